The zero-order valence-electron chi connectivity index (χ0n) is 11.2. The second-order valence-electron chi connectivity index (χ2n) is 4.98. The van der Waals surface area contributed by atoms with Gasteiger partial charge in [-0.15, -0.1) is 0 Å². The topological polar surface area (TPSA) is 41.1 Å². The van der Waals surface area contributed by atoms with Crippen LogP contribution < -0.4 is 10.6 Å². The molecule has 0 fully saturated rings. The third kappa shape index (κ3) is 3.36. The van der Waals surface area contributed by atoms with Crippen LogP contribution in [0.4, 0.5) is 5.69 Å². The van der Waals surface area contributed by atoms with E-state index in [2.05, 4.69) is 48.6 Å². The Kier molecular flexibility index (Phi) is 4.42. The van der Waals surface area contributed by atoms with Gasteiger partial charge in [0.15, 0.2) is 0 Å². The molecule has 5 heteroatoms. The predicted octanol–water partition coefficient (Wildman–Crippen LogP) is 4.11. The van der Waals surface area contributed by atoms with E-state index >= 15 is 0 Å². The van der Waals surface area contributed by atoms with E-state index in [1.807, 2.05) is 30.3 Å². The van der Waals surface area contributed by atoms with Crippen LogP contribution in [-0.4, -0.2) is 12.5 Å². The third-order valence-electron chi connectivity index (χ3n) is 3.51. The van der Waals surface area contributed by atoms with E-state index in [1.54, 1.807) is 0 Å². The van der Waals surface area contributed by atoms with Crippen molar-refractivity contribution in [2.75, 3.05) is 11.9 Å². The van der Waals surface area contributed by atoms with E-state index in [4.69, 9.17) is 0 Å². The van der Waals surface area contributed by atoms with Crippen LogP contribution in [0.1, 0.15) is 21.5 Å². The lowest BCUT2D eigenvalue weighted by Crippen LogP contribution is -2.25. The quantitative estimate of drug-likeness (QED) is 0.783. The minimum atomic E-state index is -0.0936. The molecule has 0 spiro atoms. The second-order valence-corrected chi connectivity index (χ2v) is 6.81. The van der Waals surface area contributed by atoms with E-state index < -0.39 is 0 Å². The maximum atomic E-state index is 12.4. The van der Waals surface area contributed by atoms with Crippen LogP contribution in [0.3, 0.4) is 0 Å². The zero-order valence-corrected chi connectivity index (χ0v) is 14.4. The van der Waals surface area contributed by atoms with Crippen LogP contribution >= 0.6 is 31.9 Å². The summed E-state index contributed by atoms with van der Waals surface area (Å²) in [6, 6.07) is 11.6. The first-order chi connectivity index (χ1) is 10.1. The summed E-state index contributed by atoms with van der Waals surface area (Å²) in [5.74, 6) is -0.0936. The Morgan fingerprint density at radius 1 is 1.14 bits per heavy atom. The molecule has 1 aliphatic rings. The number of fused-ring (bicyclic) bond motifs is 1. The molecule has 0 aromatic heterocycles. The third-order valence-corrected chi connectivity index (χ3v) is 4.43. The van der Waals surface area contributed by atoms with Gasteiger partial charge in [-0.2, -0.15) is 0 Å². The number of carbonyl (C=O) groups excluding carboxylic acids is 1. The molecule has 1 heterocycles. The van der Waals surface area contributed by atoms with Gasteiger partial charge in [-0.1, -0.05) is 44.0 Å². The molecule has 108 valence electrons. The van der Waals surface area contributed by atoms with Gasteiger partial charge in [-0.25, -0.2) is 0 Å². The highest BCUT2D eigenvalue weighted by molar-refractivity contribution is 9.11. The van der Waals surface area contributed by atoms with Gasteiger partial charge in [-0.3, -0.25) is 4.79 Å². The van der Waals surface area contributed by atoms with Crippen molar-refractivity contribution in [3.05, 3.63) is 62.0 Å². The molecular formula is C16H14Br2N2O. The van der Waals surface area contributed by atoms with Gasteiger partial charge >= 0.3 is 0 Å². The molecule has 1 amide bonds. The first-order valence-electron chi connectivity index (χ1n) is 6.72. The second kappa shape index (κ2) is 6.30. The van der Waals surface area contributed by atoms with Crippen LogP contribution in [-0.2, 0) is 13.0 Å². The molecule has 0 unspecified atom stereocenters. The maximum absolute atomic E-state index is 12.4. The summed E-state index contributed by atoms with van der Waals surface area (Å²) < 4.78 is 1.75. The molecule has 3 rings (SSSR count). The Hall–Kier alpha value is -1.17. The lowest BCUT2D eigenvalue weighted by molar-refractivity contribution is 0.102. The fourth-order valence-corrected chi connectivity index (χ4v) is 3.82. The Balaban J connectivity index is 1.88. The average Bonchev–Trinajstić information content (AvgIpc) is 2.46. The molecule has 2 N–H and O–H groups in total. The van der Waals surface area contributed by atoms with Crippen LogP contribution in [0.2, 0.25) is 0 Å². The molecule has 3 nitrogen and oxygen atoms in total. The SMILES string of the molecule is O=C(Nc1cccc2c1CCNC2)c1cc(Br)cc(Br)c1. The summed E-state index contributed by atoms with van der Waals surface area (Å²) in [7, 11) is 0. The number of carbonyl (C=O) groups is 1. The summed E-state index contributed by atoms with van der Waals surface area (Å²) in [5.41, 5.74) is 4.03. The Morgan fingerprint density at radius 2 is 1.90 bits per heavy atom. The van der Waals surface area contributed by atoms with E-state index in [0.29, 0.717) is 5.56 Å². The Morgan fingerprint density at radius 3 is 2.67 bits per heavy atom. The first kappa shape index (κ1) is 14.8. The molecule has 0 aliphatic carbocycles. The van der Waals surface area contributed by atoms with Crippen molar-refractivity contribution in [2.24, 2.45) is 0 Å². The summed E-state index contributed by atoms with van der Waals surface area (Å²) in [6.45, 7) is 1.81. The molecule has 0 atom stereocenters. The molecule has 0 saturated carbocycles. The van der Waals surface area contributed by atoms with Crippen molar-refractivity contribution in [2.45, 2.75) is 13.0 Å². The minimum absolute atomic E-state index is 0.0936. The number of nitrogens with one attached hydrogen (secondary N) is 2. The van der Waals surface area contributed by atoms with E-state index in [-0.39, 0.29) is 5.91 Å². The molecule has 0 bridgehead atoms. The van der Waals surface area contributed by atoms with Gasteiger partial charge in [0.25, 0.3) is 5.91 Å². The normalized spacial score (nSPS) is 13.6. The molecule has 0 radical (unpaired) electrons. The maximum Gasteiger partial charge on any atom is 0.255 e. The van der Waals surface area contributed by atoms with Crippen LogP contribution in [0.15, 0.2) is 45.3 Å². The van der Waals surface area contributed by atoms with Crippen molar-refractivity contribution < 1.29 is 4.79 Å². The summed E-state index contributed by atoms with van der Waals surface area (Å²) in [5, 5.41) is 6.38. The summed E-state index contributed by atoms with van der Waals surface area (Å²) in [4.78, 5) is 12.4. The van der Waals surface area contributed by atoms with Gasteiger partial charge in [0, 0.05) is 26.7 Å². The molecule has 21 heavy (non-hydrogen) atoms. The van der Waals surface area contributed by atoms with Gasteiger partial charge in [0.1, 0.15) is 0 Å². The number of amides is 1. The van der Waals surface area contributed by atoms with E-state index in [0.717, 1.165) is 34.1 Å². The standard InChI is InChI=1S/C16H14Br2N2O/c17-12-6-11(7-13(18)8-12)16(21)20-15-3-1-2-10-9-19-5-4-14(10)15/h1-3,6-8,19H,4-5,9H2,(H,20,21). The highest BCUT2D eigenvalue weighted by atomic mass is 79.9. The number of rotatable bonds is 2. The summed E-state index contributed by atoms with van der Waals surface area (Å²) in [6.07, 6.45) is 0.938. The number of halogens is 2. The zero-order chi connectivity index (χ0) is 14.8. The molecular weight excluding hydrogens is 396 g/mol. The first-order valence-corrected chi connectivity index (χ1v) is 8.31. The Bertz CT molecular complexity index is 680. The molecule has 1 aliphatic heterocycles. The summed E-state index contributed by atoms with van der Waals surface area (Å²) >= 11 is 6.82. The highest BCUT2D eigenvalue weighted by Gasteiger charge is 2.15. The number of hydrogen-bond donors (Lipinski definition) is 2. The van der Waals surface area contributed by atoms with Crippen molar-refractivity contribution in [1.82, 2.24) is 5.32 Å². The fraction of sp³-hybridized carbons (Fsp3) is 0.188. The number of hydrogen-bond acceptors (Lipinski definition) is 2. The van der Waals surface area contributed by atoms with Crippen molar-refractivity contribution in [3.8, 4) is 0 Å². The van der Waals surface area contributed by atoms with Gasteiger partial charge in [-0.05, 0) is 48.4 Å². The number of benzene rings is 2. The molecule has 2 aromatic carbocycles. The lowest BCUT2D eigenvalue weighted by Gasteiger charge is -2.20. The van der Waals surface area contributed by atoms with Crippen LogP contribution in [0.5, 0.6) is 0 Å². The van der Waals surface area contributed by atoms with Crippen molar-refractivity contribution in [1.29, 1.82) is 0 Å². The molecule has 2 aromatic rings. The minimum Gasteiger partial charge on any atom is -0.322 e. The van der Waals surface area contributed by atoms with Gasteiger partial charge < -0.3 is 10.6 Å². The lowest BCUT2D eigenvalue weighted by atomic mass is 9.99. The van der Waals surface area contributed by atoms with Crippen LogP contribution in [0.25, 0.3) is 0 Å². The fourth-order valence-electron chi connectivity index (χ4n) is 2.53. The van der Waals surface area contributed by atoms with Gasteiger partial charge in [0.2, 0.25) is 0 Å². The van der Waals surface area contributed by atoms with Crippen LogP contribution in [0, 0.1) is 0 Å². The Labute approximate surface area is 140 Å². The van der Waals surface area contributed by atoms with E-state index in [9.17, 15) is 4.79 Å². The molecule has 0 saturated heterocycles. The smallest absolute Gasteiger partial charge is 0.255 e. The van der Waals surface area contributed by atoms with Crippen molar-refractivity contribution in [3.63, 3.8) is 0 Å². The van der Waals surface area contributed by atoms with E-state index in [1.165, 1.54) is 11.1 Å². The van der Waals surface area contributed by atoms with Crippen molar-refractivity contribution >= 4 is 43.5 Å². The highest BCUT2D eigenvalue weighted by Crippen LogP contribution is 2.25. The predicted molar refractivity (Wildman–Crippen MR) is 91.6 cm³/mol. The van der Waals surface area contributed by atoms with Gasteiger partial charge in [0.05, 0.1) is 0 Å². The monoisotopic (exact) mass is 408 g/mol. The average molecular weight is 410 g/mol. The number of anilines is 1. The largest absolute Gasteiger partial charge is 0.322 e.